The molecule has 4 heteroatoms. The van der Waals surface area contributed by atoms with Gasteiger partial charge in [0.05, 0.1) is 11.7 Å². The molecule has 21 heavy (non-hydrogen) atoms. The maximum absolute atomic E-state index is 6.39. The van der Waals surface area contributed by atoms with Crippen molar-refractivity contribution in [2.75, 3.05) is 7.05 Å². The number of hydrogen-bond acceptors (Lipinski definition) is 4. The molecular weight excluding hydrogens is 262 g/mol. The van der Waals surface area contributed by atoms with Crippen molar-refractivity contribution < 1.29 is 4.52 Å². The van der Waals surface area contributed by atoms with E-state index >= 15 is 0 Å². The Hall–Kier alpha value is -1.65. The summed E-state index contributed by atoms with van der Waals surface area (Å²) >= 11 is 0. The number of nitrogens with zero attached hydrogens (tertiary/aromatic N) is 2. The second-order valence-corrected chi connectivity index (χ2v) is 5.72. The molecule has 0 aliphatic heterocycles. The van der Waals surface area contributed by atoms with E-state index in [0.29, 0.717) is 0 Å². The van der Waals surface area contributed by atoms with Gasteiger partial charge in [0, 0.05) is 18.7 Å². The Balaban J connectivity index is 2.25. The third-order valence-corrected chi connectivity index (χ3v) is 3.95. The minimum absolute atomic E-state index is 0.0871. The fraction of sp³-hybridized carbons (Fsp3) is 0.471. The number of rotatable bonds is 6. The van der Waals surface area contributed by atoms with Crippen LogP contribution >= 0.6 is 0 Å². The summed E-state index contributed by atoms with van der Waals surface area (Å²) < 4.78 is 5.15. The van der Waals surface area contributed by atoms with E-state index in [2.05, 4.69) is 55.2 Å². The summed E-state index contributed by atoms with van der Waals surface area (Å²) in [5.41, 5.74) is 9.89. The number of likely N-dealkylation sites (N-methyl/N-ethyl adjacent to an activating group) is 1. The molecule has 1 heterocycles. The van der Waals surface area contributed by atoms with Crippen LogP contribution in [-0.4, -0.2) is 23.1 Å². The Morgan fingerprint density at radius 1 is 1.29 bits per heavy atom. The first-order valence-corrected chi connectivity index (χ1v) is 7.46. The van der Waals surface area contributed by atoms with Crippen molar-refractivity contribution in [1.82, 2.24) is 10.1 Å². The van der Waals surface area contributed by atoms with Crippen molar-refractivity contribution in [1.29, 1.82) is 0 Å². The van der Waals surface area contributed by atoms with E-state index in [4.69, 9.17) is 10.3 Å². The van der Waals surface area contributed by atoms with Crippen LogP contribution < -0.4 is 5.73 Å². The minimum atomic E-state index is 0.0871. The highest BCUT2D eigenvalue weighted by atomic mass is 16.5. The first-order chi connectivity index (χ1) is 10.0. The van der Waals surface area contributed by atoms with Crippen LogP contribution in [0, 0.1) is 13.8 Å². The molecule has 0 aliphatic rings. The smallest absolute Gasteiger partial charge is 0.133 e. The van der Waals surface area contributed by atoms with Gasteiger partial charge in [0.2, 0.25) is 0 Å². The Morgan fingerprint density at radius 2 is 2.00 bits per heavy atom. The molecular formula is C17H25N3O. The number of aromatic nitrogens is 1. The maximum atomic E-state index is 6.39. The van der Waals surface area contributed by atoms with Gasteiger partial charge in [-0.1, -0.05) is 36.3 Å². The predicted molar refractivity (Wildman–Crippen MR) is 84.9 cm³/mol. The molecule has 2 rings (SSSR count). The van der Waals surface area contributed by atoms with Crippen molar-refractivity contribution >= 4 is 0 Å². The lowest BCUT2D eigenvalue weighted by Gasteiger charge is -2.33. The molecule has 114 valence electrons. The lowest BCUT2D eigenvalue weighted by Crippen LogP contribution is -2.39. The summed E-state index contributed by atoms with van der Waals surface area (Å²) in [6.45, 7) is 6.90. The van der Waals surface area contributed by atoms with Crippen molar-refractivity contribution in [3.8, 4) is 0 Å². The largest absolute Gasteiger partial charge is 0.361 e. The molecule has 2 atom stereocenters. The Bertz CT molecular complexity index is 579. The normalized spacial score (nSPS) is 14.4. The summed E-state index contributed by atoms with van der Waals surface area (Å²) in [5, 5.41) is 4.08. The number of nitrogens with two attached hydrogens (primary N) is 1. The van der Waals surface area contributed by atoms with Gasteiger partial charge in [0.1, 0.15) is 5.76 Å². The Kier molecular flexibility index (Phi) is 5.15. The standard InChI is InChI=1S/C17H25N3O/c1-5-16(18)17(15-9-7-6-8-12(15)2)20(4)11-14-10-13(3)21-19-14/h6-10,16-17H,5,11,18H2,1-4H3. The molecule has 4 nitrogen and oxygen atoms in total. The zero-order valence-corrected chi connectivity index (χ0v) is 13.3. The topological polar surface area (TPSA) is 55.3 Å². The summed E-state index contributed by atoms with van der Waals surface area (Å²) in [6.07, 6.45) is 0.932. The highest BCUT2D eigenvalue weighted by Gasteiger charge is 2.25. The first kappa shape index (κ1) is 15.7. The molecule has 0 fully saturated rings. The van der Waals surface area contributed by atoms with Crippen molar-refractivity contribution in [2.45, 2.75) is 45.8 Å². The molecule has 0 bridgehead atoms. The summed E-state index contributed by atoms with van der Waals surface area (Å²) in [4.78, 5) is 2.26. The van der Waals surface area contributed by atoms with Gasteiger partial charge in [-0.3, -0.25) is 4.90 Å². The van der Waals surface area contributed by atoms with E-state index in [1.807, 2.05) is 13.0 Å². The van der Waals surface area contributed by atoms with E-state index in [0.717, 1.165) is 24.4 Å². The predicted octanol–water partition coefficient (Wildman–Crippen LogP) is 3.20. The van der Waals surface area contributed by atoms with Crippen LogP contribution in [-0.2, 0) is 6.54 Å². The minimum Gasteiger partial charge on any atom is -0.361 e. The van der Waals surface area contributed by atoms with Gasteiger partial charge in [-0.15, -0.1) is 0 Å². The van der Waals surface area contributed by atoms with E-state index in [-0.39, 0.29) is 12.1 Å². The van der Waals surface area contributed by atoms with Crippen molar-refractivity contribution in [3.05, 3.63) is 52.9 Å². The maximum Gasteiger partial charge on any atom is 0.133 e. The van der Waals surface area contributed by atoms with E-state index in [1.54, 1.807) is 0 Å². The van der Waals surface area contributed by atoms with Gasteiger partial charge in [0.25, 0.3) is 0 Å². The van der Waals surface area contributed by atoms with Gasteiger partial charge in [-0.25, -0.2) is 0 Å². The van der Waals surface area contributed by atoms with Crippen LogP contribution in [0.15, 0.2) is 34.9 Å². The quantitative estimate of drug-likeness (QED) is 0.886. The second kappa shape index (κ2) is 6.87. The zero-order valence-electron chi connectivity index (χ0n) is 13.3. The summed E-state index contributed by atoms with van der Waals surface area (Å²) in [5.74, 6) is 0.839. The van der Waals surface area contributed by atoms with Gasteiger partial charge in [-0.05, 0) is 38.4 Å². The fourth-order valence-corrected chi connectivity index (χ4v) is 2.78. The van der Waals surface area contributed by atoms with E-state index < -0.39 is 0 Å². The molecule has 0 saturated heterocycles. The molecule has 1 aromatic carbocycles. The van der Waals surface area contributed by atoms with Gasteiger partial charge >= 0.3 is 0 Å². The average Bonchev–Trinajstić information content (AvgIpc) is 2.86. The van der Waals surface area contributed by atoms with Crippen molar-refractivity contribution in [3.63, 3.8) is 0 Å². The molecule has 0 radical (unpaired) electrons. The Morgan fingerprint density at radius 3 is 2.57 bits per heavy atom. The van der Waals surface area contributed by atoms with Crippen LogP contribution in [0.4, 0.5) is 0 Å². The third kappa shape index (κ3) is 3.71. The highest BCUT2D eigenvalue weighted by molar-refractivity contribution is 5.30. The lowest BCUT2D eigenvalue weighted by atomic mass is 9.93. The van der Waals surface area contributed by atoms with E-state index in [9.17, 15) is 0 Å². The molecule has 2 unspecified atom stereocenters. The highest BCUT2D eigenvalue weighted by Crippen LogP contribution is 2.27. The van der Waals surface area contributed by atoms with Crippen LogP contribution in [0.25, 0.3) is 0 Å². The van der Waals surface area contributed by atoms with Crippen LogP contribution in [0.2, 0.25) is 0 Å². The number of aryl methyl sites for hydroxylation is 2. The Labute approximate surface area is 126 Å². The lowest BCUT2D eigenvalue weighted by molar-refractivity contribution is 0.196. The van der Waals surface area contributed by atoms with Gasteiger partial charge in [-0.2, -0.15) is 0 Å². The SMILES string of the molecule is CCC(N)C(c1ccccc1C)N(C)Cc1cc(C)on1. The third-order valence-electron chi connectivity index (χ3n) is 3.95. The van der Waals surface area contributed by atoms with Crippen LogP contribution in [0.1, 0.15) is 42.0 Å². The van der Waals surface area contributed by atoms with Crippen molar-refractivity contribution in [2.24, 2.45) is 5.73 Å². The van der Waals surface area contributed by atoms with Crippen LogP contribution in [0.5, 0.6) is 0 Å². The zero-order chi connectivity index (χ0) is 15.4. The number of benzene rings is 1. The summed E-state index contributed by atoms with van der Waals surface area (Å²) in [7, 11) is 2.09. The van der Waals surface area contributed by atoms with E-state index in [1.165, 1.54) is 11.1 Å². The monoisotopic (exact) mass is 287 g/mol. The summed E-state index contributed by atoms with van der Waals surface area (Å²) in [6, 6.07) is 10.7. The molecule has 0 amide bonds. The first-order valence-electron chi connectivity index (χ1n) is 7.46. The molecule has 2 N–H and O–H groups in total. The number of hydrogen-bond donors (Lipinski definition) is 1. The van der Waals surface area contributed by atoms with Gasteiger partial charge in [0.15, 0.2) is 0 Å². The molecule has 0 saturated carbocycles. The second-order valence-electron chi connectivity index (χ2n) is 5.72. The van der Waals surface area contributed by atoms with Gasteiger partial charge < -0.3 is 10.3 Å². The average molecular weight is 287 g/mol. The molecule has 0 spiro atoms. The fourth-order valence-electron chi connectivity index (χ4n) is 2.78. The van der Waals surface area contributed by atoms with Crippen LogP contribution in [0.3, 0.4) is 0 Å². The molecule has 1 aromatic heterocycles. The molecule has 2 aromatic rings. The molecule has 0 aliphatic carbocycles.